The van der Waals surface area contributed by atoms with Gasteiger partial charge in [-0.15, -0.1) is 24.8 Å². The zero-order valence-corrected chi connectivity index (χ0v) is 21.0. The smallest absolute Gasteiger partial charge is 0.0730 e. The summed E-state index contributed by atoms with van der Waals surface area (Å²) in [5.74, 6) is 0. The van der Waals surface area contributed by atoms with Crippen molar-refractivity contribution in [2.24, 2.45) is 0 Å². The van der Waals surface area contributed by atoms with Gasteiger partial charge < -0.3 is 9.80 Å². The van der Waals surface area contributed by atoms with E-state index >= 15 is 0 Å². The minimum atomic E-state index is 0. The average Bonchev–Trinajstić information content (AvgIpc) is 2.84. The molecule has 0 amide bonds. The highest BCUT2D eigenvalue weighted by molar-refractivity contribution is 5.95. The van der Waals surface area contributed by atoms with E-state index in [1.165, 1.54) is 40.3 Å². The van der Waals surface area contributed by atoms with E-state index < -0.39 is 0 Å². The van der Waals surface area contributed by atoms with Gasteiger partial charge in [0, 0.05) is 35.8 Å². The summed E-state index contributed by atoms with van der Waals surface area (Å²) in [6.07, 6.45) is 2.45. The Balaban J connectivity index is 0.00000153. The molecule has 1 fully saturated rings. The van der Waals surface area contributed by atoms with Crippen molar-refractivity contribution in [1.82, 2.24) is 9.88 Å². The molecule has 5 heteroatoms. The number of halogens is 2. The Morgan fingerprint density at radius 2 is 1.48 bits per heavy atom. The lowest BCUT2D eigenvalue weighted by Gasteiger charge is -2.39. The average molecular weight is 482 g/mol. The first-order chi connectivity index (χ1) is 15.3. The van der Waals surface area contributed by atoms with Crippen LogP contribution in [0.1, 0.15) is 26.7 Å². The van der Waals surface area contributed by atoms with E-state index in [2.05, 4.69) is 96.4 Å². The maximum Gasteiger partial charge on any atom is 0.0730 e. The second kappa shape index (κ2) is 11.2. The van der Waals surface area contributed by atoms with E-state index in [1.807, 2.05) is 0 Å². The molecule has 174 valence electrons. The SMILES string of the molecule is CCN(CC)C1CCN(c2cc(-c3ccc4ccccc4c3)nc3ccccc23)CC1.Cl.Cl. The molecule has 1 saturated heterocycles. The zero-order valence-electron chi connectivity index (χ0n) is 19.4. The van der Waals surface area contributed by atoms with Crippen LogP contribution >= 0.6 is 24.8 Å². The summed E-state index contributed by atoms with van der Waals surface area (Å²) in [6, 6.07) is 26.8. The standard InChI is InChI=1S/C28H31N3.2ClH/c1-3-30(4-2)24-15-17-31(18-16-24)28-20-27(29-26-12-8-7-11-25(26)28)23-14-13-21-9-5-6-10-22(21)19-23;;/h5-14,19-20,24H,3-4,15-18H2,1-2H3;2*1H. The highest BCUT2D eigenvalue weighted by Crippen LogP contribution is 2.34. The number of piperidine rings is 1. The molecule has 1 aromatic heterocycles. The fourth-order valence-corrected chi connectivity index (χ4v) is 5.13. The normalized spacial score (nSPS) is 14.3. The van der Waals surface area contributed by atoms with Gasteiger partial charge in [-0.1, -0.05) is 68.4 Å². The van der Waals surface area contributed by atoms with Crippen molar-refractivity contribution in [3.05, 3.63) is 72.8 Å². The molecule has 0 spiro atoms. The van der Waals surface area contributed by atoms with Crippen molar-refractivity contribution in [3.8, 4) is 11.3 Å². The number of nitrogens with zero attached hydrogens (tertiary/aromatic N) is 3. The third-order valence-electron chi connectivity index (χ3n) is 6.87. The molecule has 0 aliphatic carbocycles. The van der Waals surface area contributed by atoms with E-state index in [0.29, 0.717) is 6.04 Å². The van der Waals surface area contributed by atoms with Crippen LogP contribution < -0.4 is 4.90 Å². The van der Waals surface area contributed by atoms with Gasteiger partial charge in [0.25, 0.3) is 0 Å². The van der Waals surface area contributed by atoms with Crippen LogP contribution in [0, 0.1) is 0 Å². The summed E-state index contributed by atoms with van der Waals surface area (Å²) in [5, 5.41) is 3.79. The Morgan fingerprint density at radius 1 is 0.818 bits per heavy atom. The van der Waals surface area contributed by atoms with E-state index in [9.17, 15) is 0 Å². The topological polar surface area (TPSA) is 19.4 Å². The van der Waals surface area contributed by atoms with Gasteiger partial charge in [0.1, 0.15) is 0 Å². The second-order valence-electron chi connectivity index (χ2n) is 8.55. The molecular formula is C28H33Cl2N3. The fourth-order valence-electron chi connectivity index (χ4n) is 5.13. The van der Waals surface area contributed by atoms with Gasteiger partial charge >= 0.3 is 0 Å². The van der Waals surface area contributed by atoms with Crippen LogP contribution in [0.2, 0.25) is 0 Å². The summed E-state index contributed by atoms with van der Waals surface area (Å²) < 4.78 is 0. The lowest BCUT2D eigenvalue weighted by atomic mass is 10.00. The van der Waals surface area contributed by atoms with Gasteiger partial charge in [-0.3, -0.25) is 0 Å². The first-order valence-corrected chi connectivity index (χ1v) is 11.6. The Hall–Kier alpha value is -2.33. The number of hydrogen-bond donors (Lipinski definition) is 0. The third-order valence-corrected chi connectivity index (χ3v) is 6.87. The maximum absolute atomic E-state index is 5.04. The first-order valence-electron chi connectivity index (χ1n) is 11.6. The number of pyridine rings is 1. The van der Waals surface area contributed by atoms with E-state index in [0.717, 1.165) is 37.4 Å². The van der Waals surface area contributed by atoms with Crippen molar-refractivity contribution in [2.75, 3.05) is 31.1 Å². The molecule has 3 aromatic carbocycles. The third kappa shape index (κ3) is 5.11. The minimum Gasteiger partial charge on any atom is -0.371 e. The van der Waals surface area contributed by atoms with Crippen LogP contribution in [-0.4, -0.2) is 42.1 Å². The Kier molecular flexibility index (Phi) is 8.58. The highest BCUT2D eigenvalue weighted by atomic mass is 35.5. The molecule has 1 aliphatic heterocycles. The summed E-state index contributed by atoms with van der Waals surface area (Å²) in [5.41, 5.74) is 4.65. The Labute approximate surface area is 209 Å². The second-order valence-corrected chi connectivity index (χ2v) is 8.55. The fraction of sp³-hybridized carbons (Fsp3) is 0.321. The van der Waals surface area contributed by atoms with Crippen molar-refractivity contribution in [2.45, 2.75) is 32.7 Å². The molecule has 0 unspecified atom stereocenters. The molecule has 2 heterocycles. The predicted octanol–water partition coefficient (Wildman–Crippen LogP) is 7.21. The van der Waals surface area contributed by atoms with Gasteiger partial charge in [-0.05, 0) is 54.9 Å². The first kappa shape index (κ1) is 25.3. The summed E-state index contributed by atoms with van der Waals surface area (Å²) in [7, 11) is 0. The predicted molar refractivity (Wildman–Crippen MR) is 147 cm³/mol. The van der Waals surface area contributed by atoms with Crippen molar-refractivity contribution < 1.29 is 0 Å². The largest absolute Gasteiger partial charge is 0.371 e. The van der Waals surface area contributed by atoms with E-state index in [4.69, 9.17) is 4.98 Å². The summed E-state index contributed by atoms with van der Waals surface area (Å²) in [4.78, 5) is 10.2. The number of fused-ring (bicyclic) bond motifs is 2. The molecule has 33 heavy (non-hydrogen) atoms. The molecule has 0 radical (unpaired) electrons. The molecule has 0 saturated carbocycles. The van der Waals surface area contributed by atoms with Gasteiger partial charge in [-0.2, -0.15) is 0 Å². The summed E-state index contributed by atoms with van der Waals surface area (Å²) in [6.45, 7) is 9.06. The van der Waals surface area contributed by atoms with Crippen molar-refractivity contribution >= 4 is 52.2 Å². The zero-order chi connectivity index (χ0) is 21.2. The van der Waals surface area contributed by atoms with E-state index in [-0.39, 0.29) is 24.8 Å². The highest BCUT2D eigenvalue weighted by Gasteiger charge is 2.24. The van der Waals surface area contributed by atoms with Crippen LogP contribution in [0.3, 0.4) is 0 Å². The molecule has 4 aromatic rings. The van der Waals surface area contributed by atoms with Crippen molar-refractivity contribution in [1.29, 1.82) is 0 Å². The Bertz CT molecular complexity index is 1200. The van der Waals surface area contributed by atoms with Crippen LogP contribution in [0.15, 0.2) is 72.8 Å². The van der Waals surface area contributed by atoms with Crippen LogP contribution in [0.4, 0.5) is 5.69 Å². The monoisotopic (exact) mass is 481 g/mol. The number of para-hydroxylation sites is 1. The lowest BCUT2D eigenvalue weighted by molar-refractivity contribution is 0.186. The lowest BCUT2D eigenvalue weighted by Crippen LogP contribution is -2.44. The molecular weight excluding hydrogens is 449 g/mol. The molecule has 3 nitrogen and oxygen atoms in total. The quantitative estimate of drug-likeness (QED) is 0.300. The molecule has 0 N–H and O–H groups in total. The van der Waals surface area contributed by atoms with E-state index in [1.54, 1.807) is 0 Å². The molecule has 0 bridgehead atoms. The van der Waals surface area contributed by atoms with Gasteiger partial charge in [-0.25, -0.2) is 4.98 Å². The molecule has 0 atom stereocenters. The number of benzene rings is 3. The number of aromatic nitrogens is 1. The Morgan fingerprint density at radius 3 is 2.21 bits per heavy atom. The number of rotatable bonds is 5. The maximum atomic E-state index is 5.04. The van der Waals surface area contributed by atoms with Crippen LogP contribution in [0.25, 0.3) is 32.9 Å². The van der Waals surface area contributed by atoms with Crippen LogP contribution in [-0.2, 0) is 0 Å². The van der Waals surface area contributed by atoms with Gasteiger partial charge in [0.2, 0.25) is 0 Å². The number of hydrogen-bond acceptors (Lipinski definition) is 3. The van der Waals surface area contributed by atoms with Gasteiger partial charge in [0.05, 0.1) is 11.2 Å². The van der Waals surface area contributed by atoms with Crippen molar-refractivity contribution in [3.63, 3.8) is 0 Å². The molecule has 1 aliphatic rings. The number of anilines is 1. The summed E-state index contributed by atoms with van der Waals surface area (Å²) >= 11 is 0. The molecule has 5 rings (SSSR count). The van der Waals surface area contributed by atoms with Crippen LogP contribution in [0.5, 0.6) is 0 Å². The minimum absolute atomic E-state index is 0. The van der Waals surface area contributed by atoms with Gasteiger partial charge in [0.15, 0.2) is 0 Å².